The molecule has 0 saturated carbocycles. The van der Waals surface area contributed by atoms with Gasteiger partial charge in [0.1, 0.15) is 5.75 Å². The van der Waals surface area contributed by atoms with E-state index in [0.717, 1.165) is 62.8 Å². The lowest BCUT2D eigenvalue weighted by atomic mass is 10.1. The number of guanidine groups is 1. The second-order valence-electron chi connectivity index (χ2n) is 6.82. The van der Waals surface area contributed by atoms with Crippen LogP contribution in [0.5, 0.6) is 17.2 Å². The van der Waals surface area contributed by atoms with E-state index in [4.69, 9.17) is 23.7 Å². The third kappa shape index (κ3) is 7.66. The van der Waals surface area contributed by atoms with Crippen molar-refractivity contribution in [2.24, 2.45) is 4.99 Å². The Hall–Kier alpha value is -1.46. The second kappa shape index (κ2) is 14.5. The van der Waals surface area contributed by atoms with Gasteiger partial charge in [-0.1, -0.05) is 0 Å². The summed E-state index contributed by atoms with van der Waals surface area (Å²) in [7, 11) is 8.41. The number of piperidine rings is 1. The molecule has 2 rings (SSSR count). The molecule has 0 bridgehead atoms. The van der Waals surface area contributed by atoms with Crippen molar-refractivity contribution in [3.63, 3.8) is 0 Å². The van der Waals surface area contributed by atoms with E-state index in [1.54, 1.807) is 28.4 Å². The van der Waals surface area contributed by atoms with E-state index in [1.807, 2.05) is 19.2 Å². The lowest BCUT2D eigenvalue weighted by Crippen LogP contribution is -2.46. The molecule has 1 fully saturated rings. The summed E-state index contributed by atoms with van der Waals surface area (Å²) in [5, 5.41) is 3.44. The fourth-order valence-corrected chi connectivity index (χ4v) is 3.42. The quantitative estimate of drug-likeness (QED) is 0.213. The van der Waals surface area contributed by atoms with Crippen LogP contribution < -0.4 is 19.5 Å². The highest BCUT2D eigenvalue weighted by Crippen LogP contribution is 2.34. The molecule has 0 atom stereocenters. The smallest absolute Gasteiger partial charge is 0.193 e. The number of ether oxygens (including phenoxy) is 5. The molecular formula is C21H36IN3O5. The Morgan fingerprint density at radius 2 is 1.63 bits per heavy atom. The summed E-state index contributed by atoms with van der Waals surface area (Å²) in [6.45, 7) is 3.90. The number of methoxy groups -OCH3 is 4. The number of aliphatic imine (C=N–C) groups is 1. The Kier molecular flexibility index (Phi) is 12.9. The molecule has 0 amide bonds. The number of likely N-dealkylation sites (tertiary alicyclic amines) is 1. The van der Waals surface area contributed by atoms with E-state index >= 15 is 0 Å². The monoisotopic (exact) mass is 537 g/mol. The van der Waals surface area contributed by atoms with Gasteiger partial charge in [0.2, 0.25) is 0 Å². The molecule has 0 aliphatic carbocycles. The van der Waals surface area contributed by atoms with Gasteiger partial charge in [0.25, 0.3) is 0 Å². The number of hydrogen-bond acceptors (Lipinski definition) is 6. The highest BCUT2D eigenvalue weighted by molar-refractivity contribution is 14.0. The van der Waals surface area contributed by atoms with Gasteiger partial charge in [-0.3, -0.25) is 4.99 Å². The van der Waals surface area contributed by atoms with Crippen molar-refractivity contribution in [3.05, 3.63) is 17.7 Å². The number of hydrogen-bond donors (Lipinski definition) is 1. The third-order valence-corrected chi connectivity index (χ3v) is 5.02. The minimum atomic E-state index is 0. The number of benzene rings is 1. The van der Waals surface area contributed by atoms with E-state index in [1.165, 1.54) is 0 Å². The molecule has 9 heteroatoms. The van der Waals surface area contributed by atoms with Gasteiger partial charge in [-0.25, -0.2) is 0 Å². The van der Waals surface area contributed by atoms with Crippen molar-refractivity contribution in [2.45, 2.75) is 31.9 Å². The Bertz CT molecular complexity index is 652. The summed E-state index contributed by atoms with van der Waals surface area (Å²) in [4.78, 5) is 6.71. The van der Waals surface area contributed by atoms with Gasteiger partial charge in [-0.05, 0) is 25.3 Å². The summed E-state index contributed by atoms with van der Waals surface area (Å²) in [5.74, 6) is 2.94. The molecule has 0 radical (unpaired) electrons. The topological polar surface area (TPSA) is 73.8 Å². The van der Waals surface area contributed by atoms with Crippen LogP contribution in [0, 0.1) is 0 Å². The van der Waals surface area contributed by atoms with Gasteiger partial charge in [-0.2, -0.15) is 0 Å². The lowest BCUT2D eigenvalue weighted by molar-refractivity contribution is 0.00989. The van der Waals surface area contributed by atoms with Crippen molar-refractivity contribution >= 4 is 29.9 Å². The maximum absolute atomic E-state index is 5.94. The molecule has 1 aromatic rings. The fraction of sp³-hybridized carbons (Fsp3) is 0.667. The predicted molar refractivity (Wildman–Crippen MR) is 129 cm³/mol. The molecule has 1 aliphatic rings. The van der Waals surface area contributed by atoms with Crippen LogP contribution in [0.2, 0.25) is 0 Å². The number of rotatable bonds is 10. The average Bonchev–Trinajstić information content (AvgIpc) is 2.77. The minimum Gasteiger partial charge on any atom is -0.496 e. The van der Waals surface area contributed by atoms with Gasteiger partial charge in [-0.15, -0.1) is 24.0 Å². The molecule has 1 heterocycles. The van der Waals surface area contributed by atoms with Crippen molar-refractivity contribution < 1.29 is 23.7 Å². The summed E-state index contributed by atoms with van der Waals surface area (Å²) in [6.07, 6.45) is 3.24. The average molecular weight is 537 g/mol. The van der Waals surface area contributed by atoms with Crippen LogP contribution in [0.4, 0.5) is 0 Å². The van der Waals surface area contributed by atoms with E-state index < -0.39 is 0 Å². The number of halogens is 1. The predicted octanol–water partition coefficient (Wildman–Crippen LogP) is 2.92. The van der Waals surface area contributed by atoms with Gasteiger partial charge in [0, 0.05) is 58.6 Å². The molecule has 0 spiro atoms. The largest absolute Gasteiger partial charge is 0.496 e. The van der Waals surface area contributed by atoms with Crippen LogP contribution in [0.1, 0.15) is 24.8 Å². The summed E-state index contributed by atoms with van der Waals surface area (Å²) in [6, 6.07) is 3.77. The van der Waals surface area contributed by atoms with Crippen LogP contribution in [0.25, 0.3) is 0 Å². The molecule has 30 heavy (non-hydrogen) atoms. The molecule has 1 aliphatic heterocycles. The van der Waals surface area contributed by atoms with Crippen LogP contribution in [-0.4, -0.2) is 78.8 Å². The molecular weight excluding hydrogens is 501 g/mol. The first-order valence-corrected chi connectivity index (χ1v) is 10.0. The van der Waals surface area contributed by atoms with Crippen LogP contribution in [0.3, 0.4) is 0 Å². The molecule has 1 aromatic carbocycles. The Labute approximate surface area is 197 Å². The first-order valence-electron chi connectivity index (χ1n) is 10.0. The Balaban J connectivity index is 0.00000450. The molecule has 0 unspecified atom stereocenters. The summed E-state index contributed by atoms with van der Waals surface area (Å²) in [5.41, 5.74) is 0.975. The highest BCUT2D eigenvalue weighted by atomic mass is 127. The van der Waals surface area contributed by atoms with Gasteiger partial charge < -0.3 is 33.9 Å². The van der Waals surface area contributed by atoms with Gasteiger partial charge >= 0.3 is 0 Å². The third-order valence-electron chi connectivity index (χ3n) is 5.02. The second-order valence-corrected chi connectivity index (χ2v) is 6.82. The minimum absolute atomic E-state index is 0. The van der Waals surface area contributed by atoms with Gasteiger partial charge in [0.15, 0.2) is 17.5 Å². The normalized spacial score (nSPS) is 14.8. The zero-order chi connectivity index (χ0) is 21.1. The Morgan fingerprint density at radius 1 is 1.00 bits per heavy atom. The molecule has 8 nitrogen and oxygen atoms in total. The van der Waals surface area contributed by atoms with E-state index in [9.17, 15) is 0 Å². The molecule has 0 aromatic heterocycles. The standard InChI is InChI=1S/C21H35N3O5.HI/c1-22-21(24-9-7-17(8-10-24)29-12-6-11-25-2)23-15-16-13-19(27-4)20(28-5)14-18(16)26-3;/h13-14,17H,6-12,15H2,1-5H3,(H,22,23);1H. The lowest BCUT2D eigenvalue weighted by Gasteiger charge is -2.34. The maximum Gasteiger partial charge on any atom is 0.193 e. The molecule has 172 valence electrons. The number of nitrogens with one attached hydrogen (secondary N) is 1. The number of nitrogens with zero attached hydrogens (tertiary/aromatic N) is 2. The first-order chi connectivity index (χ1) is 14.2. The van der Waals surface area contributed by atoms with E-state index in [0.29, 0.717) is 24.1 Å². The van der Waals surface area contributed by atoms with Crippen LogP contribution >= 0.6 is 24.0 Å². The van der Waals surface area contributed by atoms with Crippen molar-refractivity contribution in [3.8, 4) is 17.2 Å². The van der Waals surface area contributed by atoms with Crippen molar-refractivity contribution in [2.75, 3.05) is 61.8 Å². The Morgan fingerprint density at radius 3 is 2.20 bits per heavy atom. The van der Waals surface area contributed by atoms with Crippen LogP contribution in [0.15, 0.2) is 17.1 Å². The fourth-order valence-electron chi connectivity index (χ4n) is 3.42. The zero-order valence-corrected chi connectivity index (χ0v) is 21.1. The highest BCUT2D eigenvalue weighted by Gasteiger charge is 2.22. The van der Waals surface area contributed by atoms with Gasteiger partial charge in [0.05, 0.1) is 27.4 Å². The first kappa shape index (κ1) is 26.6. The van der Waals surface area contributed by atoms with E-state index in [2.05, 4.69) is 15.2 Å². The van der Waals surface area contributed by atoms with Crippen LogP contribution in [-0.2, 0) is 16.0 Å². The molecule has 1 saturated heterocycles. The summed E-state index contributed by atoms with van der Waals surface area (Å²) < 4.78 is 27.3. The van der Waals surface area contributed by atoms with Crippen molar-refractivity contribution in [1.29, 1.82) is 0 Å². The summed E-state index contributed by atoms with van der Waals surface area (Å²) >= 11 is 0. The maximum atomic E-state index is 5.94. The van der Waals surface area contributed by atoms with Crippen molar-refractivity contribution in [1.82, 2.24) is 10.2 Å². The zero-order valence-electron chi connectivity index (χ0n) is 18.7. The molecule has 1 N–H and O–H groups in total. The van der Waals surface area contributed by atoms with E-state index in [-0.39, 0.29) is 24.0 Å². The SMILES string of the molecule is CN=C(NCc1cc(OC)c(OC)cc1OC)N1CCC(OCCCOC)CC1.I.